The van der Waals surface area contributed by atoms with Gasteiger partial charge in [0.25, 0.3) is 0 Å². The fraction of sp³-hybridized carbons (Fsp3) is 0.824. The van der Waals surface area contributed by atoms with Crippen LogP contribution in [-0.2, 0) is 19.1 Å². The summed E-state index contributed by atoms with van der Waals surface area (Å²) in [5, 5.41) is 2.93. The van der Waals surface area contributed by atoms with Gasteiger partial charge in [0, 0.05) is 24.9 Å². The lowest BCUT2D eigenvalue weighted by atomic mass is 10.1. The van der Waals surface area contributed by atoms with Crippen LogP contribution in [0.3, 0.4) is 0 Å². The number of amides is 2. The van der Waals surface area contributed by atoms with Gasteiger partial charge in [-0.05, 0) is 33.1 Å². The van der Waals surface area contributed by atoms with Crippen LogP contribution in [0.4, 0.5) is 0 Å². The highest BCUT2D eigenvalue weighted by molar-refractivity contribution is 5.83. The van der Waals surface area contributed by atoms with Crippen LogP contribution in [0.15, 0.2) is 0 Å². The van der Waals surface area contributed by atoms with E-state index in [9.17, 15) is 14.4 Å². The number of hydrogen-bond donors (Lipinski definition) is 1. The molecule has 0 aromatic carbocycles. The van der Waals surface area contributed by atoms with Gasteiger partial charge in [0.1, 0.15) is 6.54 Å². The first-order chi connectivity index (χ1) is 11.0. The van der Waals surface area contributed by atoms with Crippen molar-refractivity contribution in [2.24, 2.45) is 5.92 Å². The zero-order chi connectivity index (χ0) is 17.2. The number of rotatable bonds is 9. The second-order valence-corrected chi connectivity index (χ2v) is 6.22. The predicted octanol–water partition coefficient (Wildman–Crippen LogP) is 1.87. The first-order valence-electron chi connectivity index (χ1n) is 8.71. The second-order valence-electron chi connectivity index (χ2n) is 6.22. The maximum atomic E-state index is 12.4. The van der Waals surface area contributed by atoms with Crippen LogP contribution < -0.4 is 5.32 Å². The molecule has 1 rings (SSSR count). The van der Waals surface area contributed by atoms with Crippen molar-refractivity contribution >= 4 is 17.8 Å². The molecular weight excluding hydrogens is 296 g/mol. The third-order valence-corrected chi connectivity index (χ3v) is 4.07. The van der Waals surface area contributed by atoms with Gasteiger partial charge < -0.3 is 15.0 Å². The fourth-order valence-corrected chi connectivity index (χ4v) is 2.92. The van der Waals surface area contributed by atoms with Crippen LogP contribution in [0.2, 0.25) is 0 Å². The molecule has 1 atom stereocenters. The maximum absolute atomic E-state index is 12.4. The summed E-state index contributed by atoms with van der Waals surface area (Å²) in [7, 11) is 0. The lowest BCUT2D eigenvalue weighted by Crippen LogP contribution is -2.43. The molecule has 23 heavy (non-hydrogen) atoms. The van der Waals surface area contributed by atoms with Gasteiger partial charge in [-0.3, -0.25) is 14.4 Å². The monoisotopic (exact) mass is 326 g/mol. The summed E-state index contributed by atoms with van der Waals surface area (Å²) in [6.07, 6.45) is 5.07. The average molecular weight is 326 g/mol. The van der Waals surface area contributed by atoms with E-state index in [2.05, 4.69) is 5.32 Å². The predicted molar refractivity (Wildman–Crippen MR) is 87.7 cm³/mol. The van der Waals surface area contributed by atoms with Crippen molar-refractivity contribution in [2.75, 3.05) is 19.7 Å². The van der Waals surface area contributed by atoms with E-state index in [0.717, 1.165) is 32.1 Å². The van der Waals surface area contributed by atoms with Gasteiger partial charge in [-0.25, -0.2) is 0 Å². The first-order valence-corrected chi connectivity index (χ1v) is 8.71. The second kappa shape index (κ2) is 10.2. The molecular formula is C17H30N2O4. The highest BCUT2D eigenvalue weighted by Crippen LogP contribution is 2.24. The third-order valence-electron chi connectivity index (χ3n) is 4.07. The Bertz CT molecular complexity index is 405. The van der Waals surface area contributed by atoms with Crippen LogP contribution in [0.25, 0.3) is 0 Å². The number of esters is 1. The Morgan fingerprint density at radius 1 is 1.22 bits per heavy atom. The fourth-order valence-electron chi connectivity index (χ4n) is 2.92. The van der Waals surface area contributed by atoms with Gasteiger partial charge in [0.05, 0.1) is 6.61 Å². The quantitative estimate of drug-likeness (QED) is 0.656. The molecule has 1 N–H and O–H groups in total. The standard InChI is InChI=1S/C17H30N2O4/c1-4-10-19(12-16(21)23-5-2)15(20)11-13(3)18-17(22)14-8-6-7-9-14/h13-14H,4-12H2,1-3H3,(H,18,22)/t13-/m1/s1. The Hall–Kier alpha value is -1.59. The highest BCUT2D eigenvalue weighted by Gasteiger charge is 2.25. The molecule has 0 aliphatic heterocycles. The molecule has 6 nitrogen and oxygen atoms in total. The molecule has 1 saturated carbocycles. The molecule has 1 aliphatic rings. The van der Waals surface area contributed by atoms with E-state index < -0.39 is 5.97 Å². The maximum Gasteiger partial charge on any atom is 0.325 e. The number of carbonyl (C=O) groups is 3. The Morgan fingerprint density at radius 2 is 1.87 bits per heavy atom. The molecule has 6 heteroatoms. The molecule has 1 aliphatic carbocycles. The van der Waals surface area contributed by atoms with E-state index in [-0.39, 0.29) is 36.7 Å². The van der Waals surface area contributed by atoms with E-state index in [1.54, 1.807) is 6.92 Å². The third kappa shape index (κ3) is 7.01. The molecule has 0 aromatic rings. The van der Waals surface area contributed by atoms with Crippen molar-refractivity contribution in [3.8, 4) is 0 Å². The zero-order valence-electron chi connectivity index (χ0n) is 14.6. The lowest BCUT2D eigenvalue weighted by Gasteiger charge is -2.23. The summed E-state index contributed by atoms with van der Waals surface area (Å²) in [6.45, 7) is 6.33. The van der Waals surface area contributed by atoms with Crippen LogP contribution >= 0.6 is 0 Å². The van der Waals surface area contributed by atoms with Gasteiger partial charge in [0.2, 0.25) is 11.8 Å². The molecule has 0 unspecified atom stereocenters. The molecule has 0 radical (unpaired) electrons. The van der Waals surface area contributed by atoms with Crippen molar-refractivity contribution in [3.05, 3.63) is 0 Å². The molecule has 0 saturated heterocycles. The molecule has 0 heterocycles. The van der Waals surface area contributed by atoms with Crippen LogP contribution in [0.1, 0.15) is 59.3 Å². The molecule has 0 aromatic heterocycles. The molecule has 1 fully saturated rings. The van der Waals surface area contributed by atoms with Gasteiger partial charge in [-0.1, -0.05) is 19.8 Å². The Morgan fingerprint density at radius 3 is 2.43 bits per heavy atom. The van der Waals surface area contributed by atoms with Gasteiger partial charge in [0.15, 0.2) is 0 Å². The van der Waals surface area contributed by atoms with Crippen molar-refractivity contribution in [3.63, 3.8) is 0 Å². The lowest BCUT2D eigenvalue weighted by molar-refractivity contribution is -0.149. The van der Waals surface area contributed by atoms with Crippen LogP contribution in [-0.4, -0.2) is 48.4 Å². The van der Waals surface area contributed by atoms with Crippen LogP contribution in [0.5, 0.6) is 0 Å². The zero-order valence-corrected chi connectivity index (χ0v) is 14.6. The molecule has 132 valence electrons. The van der Waals surface area contributed by atoms with Gasteiger partial charge in [-0.2, -0.15) is 0 Å². The smallest absolute Gasteiger partial charge is 0.325 e. The number of carbonyl (C=O) groups excluding carboxylic acids is 3. The summed E-state index contributed by atoms with van der Waals surface area (Å²) >= 11 is 0. The van der Waals surface area contributed by atoms with E-state index >= 15 is 0 Å². The first kappa shape index (κ1) is 19.5. The van der Waals surface area contributed by atoms with E-state index in [1.165, 1.54) is 4.90 Å². The molecule has 0 bridgehead atoms. The summed E-state index contributed by atoms with van der Waals surface area (Å²) in [4.78, 5) is 37.5. The van der Waals surface area contributed by atoms with Crippen molar-refractivity contribution in [1.29, 1.82) is 0 Å². The summed E-state index contributed by atoms with van der Waals surface area (Å²) in [5.74, 6) is -0.370. The van der Waals surface area contributed by atoms with E-state index in [4.69, 9.17) is 4.74 Å². The minimum atomic E-state index is -0.392. The van der Waals surface area contributed by atoms with E-state index in [1.807, 2.05) is 13.8 Å². The molecule has 0 spiro atoms. The molecule has 2 amide bonds. The normalized spacial score (nSPS) is 16.0. The minimum absolute atomic E-state index is 0.0240. The number of nitrogens with one attached hydrogen (secondary N) is 1. The average Bonchev–Trinajstić information content (AvgIpc) is 3.01. The summed E-state index contributed by atoms with van der Waals surface area (Å²) in [5.41, 5.74) is 0. The van der Waals surface area contributed by atoms with Crippen molar-refractivity contribution in [1.82, 2.24) is 10.2 Å². The highest BCUT2D eigenvalue weighted by atomic mass is 16.5. The Balaban J connectivity index is 2.45. The van der Waals surface area contributed by atoms with Crippen molar-refractivity contribution < 1.29 is 19.1 Å². The Labute approximate surface area is 138 Å². The SMILES string of the molecule is CCCN(CC(=O)OCC)C(=O)C[C@@H](C)NC(=O)C1CCCC1. The number of nitrogens with zero attached hydrogens (tertiary/aromatic N) is 1. The minimum Gasteiger partial charge on any atom is -0.465 e. The number of hydrogen-bond acceptors (Lipinski definition) is 4. The number of ether oxygens (including phenoxy) is 1. The van der Waals surface area contributed by atoms with E-state index in [0.29, 0.717) is 13.2 Å². The van der Waals surface area contributed by atoms with Crippen molar-refractivity contribution in [2.45, 2.75) is 65.3 Å². The topological polar surface area (TPSA) is 75.7 Å². The van der Waals surface area contributed by atoms with Gasteiger partial charge in [-0.15, -0.1) is 0 Å². The summed E-state index contributed by atoms with van der Waals surface area (Å²) in [6, 6.07) is -0.225. The Kier molecular flexibility index (Phi) is 8.66. The van der Waals surface area contributed by atoms with Gasteiger partial charge >= 0.3 is 5.97 Å². The summed E-state index contributed by atoms with van der Waals surface area (Å²) < 4.78 is 4.90. The largest absolute Gasteiger partial charge is 0.465 e. The van der Waals surface area contributed by atoms with Crippen LogP contribution in [0, 0.1) is 5.92 Å².